The SMILES string of the molecule is CCOc1cc(C(=O)N(CC)c2cccc(C)c2)ncn1. The Balaban J connectivity index is 2.30. The fourth-order valence-corrected chi connectivity index (χ4v) is 2.06. The molecule has 0 saturated heterocycles. The summed E-state index contributed by atoms with van der Waals surface area (Å²) in [5.74, 6) is 0.252. The highest BCUT2D eigenvalue weighted by Gasteiger charge is 2.18. The van der Waals surface area contributed by atoms with Gasteiger partial charge in [0, 0.05) is 18.3 Å². The number of aryl methyl sites for hydroxylation is 1. The highest BCUT2D eigenvalue weighted by Crippen LogP contribution is 2.18. The van der Waals surface area contributed by atoms with E-state index in [2.05, 4.69) is 9.97 Å². The van der Waals surface area contributed by atoms with Gasteiger partial charge in [0.2, 0.25) is 5.88 Å². The lowest BCUT2D eigenvalue weighted by molar-refractivity contribution is 0.0982. The Labute approximate surface area is 124 Å². The first-order valence-corrected chi connectivity index (χ1v) is 6.99. The lowest BCUT2D eigenvalue weighted by Gasteiger charge is -2.21. The fraction of sp³-hybridized carbons (Fsp3) is 0.312. The van der Waals surface area contributed by atoms with Crippen LogP contribution in [-0.2, 0) is 0 Å². The van der Waals surface area contributed by atoms with Gasteiger partial charge in [-0.05, 0) is 38.5 Å². The van der Waals surface area contributed by atoms with Gasteiger partial charge >= 0.3 is 0 Å². The average molecular weight is 285 g/mol. The van der Waals surface area contributed by atoms with Crippen LogP contribution in [0.25, 0.3) is 0 Å². The number of ether oxygens (including phenoxy) is 1. The molecule has 0 saturated carbocycles. The average Bonchev–Trinajstić information content (AvgIpc) is 2.49. The fourth-order valence-electron chi connectivity index (χ4n) is 2.06. The van der Waals surface area contributed by atoms with Gasteiger partial charge < -0.3 is 9.64 Å². The number of anilines is 1. The maximum atomic E-state index is 12.6. The van der Waals surface area contributed by atoms with Crippen molar-refractivity contribution in [2.45, 2.75) is 20.8 Å². The van der Waals surface area contributed by atoms with E-state index in [4.69, 9.17) is 4.74 Å². The second-order valence-corrected chi connectivity index (χ2v) is 4.56. The van der Waals surface area contributed by atoms with E-state index in [1.807, 2.05) is 45.0 Å². The molecule has 1 aromatic heterocycles. The van der Waals surface area contributed by atoms with Gasteiger partial charge in [-0.1, -0.05) is 12.1 Å². The van der Waals surface area contributed by atoms with Crippen LogP contribution in [0.3, 0.4) is 0 Å². The molecule has 0 bridgehead atoms. The number of nitrogens with zero attached hydrogens (tertiary/aromatic N) is 3. The number of rotatable bonds is 5. The monoisotopic (exact) mass is 285 g/mol. The second kappa shape index (κ2) is 6.83. The summed E-state index contributed by atoms with van der Waals surface area (Å²) in [5.41, 5.74) is 2.30. The maximum absolute atomic E-state index is 12.6. The zero-order valence-corrected chi connectivity index (χ0v) is 12.5. The molecular formula is C16H19N3O2. The number of carbonyl (C=O) groups is 1. The molecule has 1 heterocycles. The van der Waals surface area contributed by atoms with E-state index in [1.165, 1.54) is 6.33 Å². The van der Waals surface area contributed by atoms with Crippen molar-refractivity contribution in [1.82, 2.24) is 9.97 Å². The van der Waals surface area contributed by atoms with Gasteiger partial charge in [0.25, 0.3) is 5.91 Å². The Hall–Kier alpha value is -2.43. The van der Waals surface area contributed by atoms with E-state index in [0.29, 0.717) is 24.7 Å². The zero-order valence-electron chi connectivity index (χ0n) is 12.5. The molecule has 0 spiro atoms. The van der Waals surface area contributed by atoms with Crippen molar-refractivity contribution in [3.05, 3.63) is 47.9 Å². The number of hydrogen-bond donors (Lipinski definition) is 0. The summed E-state index contributed by atoms with van der Waals surface area (Å²) in [6.45, 7) is 6.87. The van der Waals surface area contributed by atoms with E-state index in [-0.39, 0.29) is 5.91 Å². The van der Waals surface area contributed by atoms with E-state index < -0.39 is 0 Å². The predicted octanol–water partition coefficient (Wildman–Crippen LogP) is 2.85. The lowest BCUT2D eigenvalue weighted by atomic mass is 10.2. The molecule has 0 aliphatic carbocycles. The first-order valence-electron chi connectivity index (χ1n) is 6.99. The van der Waals surface area contributed by atoms with Crippen molar-refractivity contribution >= 4 is 11.6 Å². The van der Waals surface area contributed by atoms with E-state index in [1.54, 1.807) is 11.0 Å². The Morgan fingerprint density at radius 1 is 1.24 bits per heavy atom. The van der Waals surface area contributed by atoms with E-state index in [9.17, 15) is 4.79 Å². The third kappa shape index (κ3) is 3.56. The molecule has 0 aliphatic heterocycles. The highest BCUT2D eigenvalue weighted by atomic mass is 16.5. The molecule has 2 aromatic rings. The number of hydrogen-bond acceptors (Lipinski definition) is 4. The molecule has 5 nitrogen and oxygen atoms in total. The van der Waals surface area contributed by atoms with Crippen LogP contribution in [0.5, 0.6) is 5.88 Å². The molecule has 0 fully saturated rings. The van der Waals surface area contributed by atoms with E-state index >= 15 is 0 Å². The lowest BCUT2D eigenvalue weighted by Crippen LogP contribution is -2.31. The molecule has 0 N–H and O–H groups in total. The normalized spacial score (nSPS) is 10.2. The molecule has 5 heteroatoms. The van der Waals surface area contributed by atoms with Crippen molar-refractivity contribution in [3.63, 3.8) is 0 Å². The highest BCUT2D eigenvalue weighted by molar-refractivity contribution is 6.04. The molecular weight excluding hydrogens is 266 g/mol. The van der Waals surface area contributed by atoms with Crippen molar-refractivity contribution in [3.8, 4) is 5.88 Å². The third-order valence-electron chi connectivity index (χ3n) is 3.03. The minimum atomic E-state index is -0.161. The first-order chi connectivity index (χ1) is 10.2. The number of carbonyl (C=O) groups excluding carboxylic acids is 1. The number of amides is 1. The summed E-state index contributed by atoms with van der Waals surface area (Å²) in [6.07, 6.45) is 1.35. The summed E-state index contributed by atoms with van der Waals surface area (Å²) in [6, 6.07) is 9.40. The molecule has 2 rings (SSSR count). The van der Waals surface area contributed by atoms with Crippen LogP contribution in [0.4, 0.5) is 5.69 Å². The minimum Gasteiger partial charge on any atom is -0.478 e. The molecule has 1 amide bonds. The second-order valence-electron chi connectivity index (χ2n) is 4.56. The third-order valence-corrected chi connectivity index (χ3v) is 3.03. The summed E-state index contributed by atoms with van der Waals surface area (Å²) in [4.78, 5) is 22.3. The Bertz CT molecular complexity index is 628. The van der Waals surface area contributed by atoms with Gasteiger partial charge in [-0.2, -0.15) is 0 Å². The smallest absolute Gasteiger partial charge is 0.277 e. The van der Waals surface area contributed by atoms with Crippen molar-refractivity contribution in [1.29, 1.82) is 0 Å². The molecule has 110 valence electrons. The molecule has 0 aliphatic rings. The van der Waals surface area contributed by atoms with E-state index in [0.717, 1.165) is 11.3 Å². The topological polar surface area (TPSA) is 55.3 Å². The first kappa shape index (κ1) is 15.0. The summed E-state index contributed by atoms with van der Waals surface area (Å²) >= 11 is 0. The summed E-state index contributed by atoms with van der Waals surface area (Å²) in [5, 5.41) is 0. The van der Waals surface area contributed by atoms with Crippen LogP contribution in [0.2, 0.25) is 0 Å². The van der Waals surface area contributed by atoms with Crippen molar-refractivity contribution in [2.75, 3.05) is 18.1 Å². The molecule has 0 atom stereocenters. The quantitative estimate of drug-likeness (QED) is 0.847. The number of benzene rings is 1. The van der Waals surface area contributed by atoms with Crippen LogP contribution in [0.15, 0.2) is 36.7 Å². The summed E-state index contributed by atoms with van der Waals surface area (Å²) in [7, 11) is 0. The molecule has 0 unspecified atom stereocenters. The number of aromatic nitrogens is 2. The minimum absolute atomic E-state index is 0.161. The Morgan fingerprint density at radius 3 is 2.71 bits per heavy atom. The predicted molar refractivity (Wildman–Crippen MR) is 81.7 cm³/mol. The van der Waals surface area contributed by atoms with Crippen molar-refractivity contribution < 1.29 is 9.53 Å². The van der Waals surface area contributed by atoms with Gasteiger partial charge in [-0.3, -0.25) is 4.79 Å². The Kier molecular flexibility index (Phi) is 4.87. The van der Waals surface area contributed by atoms with Gasteiger partial charge in [0.15, 0.2) is 0 Å². The molecule has 21 heavy (non-hydrogen) atoms. The standard InChI is InChI=1S/C16H19N3O2/c1-4-19(13-8-6-7-12(3)9-13)16(20)14-10-15(21-5-2)18-11-17-14/h6-11H,4-5H2,1-3H3. The maximum Gasteiger partial charge on any atom is 0.277 e. The molecule has 1 aromatic carbocycles. The van der Waals surface area contributed by atoms with Crippen LogP contribution in [0.1, 0.15) is 29.9 Å². The van der Waals surface area contributed by atoms with Gasteiger partial charge in [-0.15, -0.1) is 0 Å². The molecule has 0 radical (unpaired) electrons. The summed E-state index contributed by atoms with van der Waals surface area (Å²) < 4.78 is 5.31. The Morgan fingerprint density at radius 2 is 2.05 bits per heavy atom. The zero-order chi connectivity index (χ0) is 15.2. The van der Waals surface area contributed by atoms with Crippen LogP contribution in [-0.4, -0.2) is 29.0 Å². The van der Waals surface area contributed by atoms with Crippen LogP contribution >= 0.6 is 0 Å². The van der Waals surface area contributed by atoms with Gasteiger partial charge in [0.05, 0.1) is 6.61 Å². The van der Waals surface area contributed by atoms with Crippen LogP contribution in [0, 0.1) is 6.92 Å². The van der Waals surface area contributed by atoms with Crippen LogP contribution < -0.4 is 9.64 Å². The largest absolute Gasteiger partial charge is 0.478 e. The van der Waals surface area contributed by atoms with Gasteiger partial charge in [0.1, 0.15) is 12.0 Å². The van der Waals surface area contributed by atoms with Crippen molar-refractivity contribution in [2.24, 2.45) is 0 Å². The van der Waals surface area contributed by atoms with Gasteiger partial charge in [-0.25, -0.2) is 9.97 Å².